The molecule has 0 unspecified atom stereocenters. The molecule has 14 heteroatoms. The summed E-state index contributed by atoms with van der Waals surface area (Å²) >= 11 is 0. The lowest BCUT2D eigenvalue weighted by Crippen LogP contribution is -2.42. The fourth-order valence-electron chi connectivity index (χ4n) is 6.75. The molecule has 3 aliphatic rings. The summed E-state index contributed by atoms with van der Waals surface area (Å²) in [6, 6.07) is 9.73. The van der Waals surface area contributed by atoms with Gasteiger partial charge in [0.2, 0.25) is 11.8 Å². The maximum absolute atomic E-state index is 13.1. The van der Waals surface area contributed by atoms with Gasteiger partial charge in [0, 0.05) is 44.1 Å². The Morgan fingerprint density at radius 2 is 1.80 bits per heavy atom. The van der Waals surface area contributed by atoms with E-state index >= 15 is 0 Å². The highest BCUT2D eigenvalue weighted by Crippen LogP contribution is 2.40. The first-order valence-corrected chi connectivity index (χ1v) is 17.6. The summed E-state index contributed by atoms with van der Waals surface area (Å²) < 4.78 is 19.0. The number of hydrogen-bond acceptors (Lipinski definition) is 11. The minimum atomic E-state index is -0.616. The zero-order chi connectivity index (χ0) is 35.5. The maximum Gasteiger partial charge on any atom is 0.415 e. The minimum absolute atomic E-state index is 0.259. The third-order valence-electron chi connectivity index (χ3n) is 9.38. The second-order valence-electron chi connectivity index (χ2n) is 14.3. The van der Waals surface area contributed by atoms with Crippen molar-refractivity contribution in [1.29, 1.82) is 0 Å². The van der Waals surface area contributed by atoms with Crippen LogP contribution in [0.25, 0.3) is 0 Å². The van der Waals surface area contributed by atoms with Crippen molar-refractivity contribution >= 4 is 35.2 Å². The van der Waals surface area contributed by atoms with Crippen molar-refractivity contribution < 1.29 is 23.8 Å². The molecule has 268 valence electrons. The molecule has 0 bridgehead atoms. The molecule has 0 aliphatic carbocycles. The molecule has 3 aromatic heterocycles. The molecule has 6 heterocycles. The quantitative estimate of drug-likeness (QED) is 0.248. The van der Waals surface area contributed by atoms with Gasteiger partial charge >= 0.3 is 12.2 Å². The molecular weight excluding hydrogens is 650 g/mol. The van der Waals surface area contributed by atoms with E-state index in [1.807, 2.05) is 81.3 Å². The van der Waals surface area contributed by atoms with Crippen LogP contribution in [0.3, 0.4) is 0 Å². The number of anilines is 4. The lowest BCUT2D eigenvalue weighted by atomic mass is 9.97. The summed E-state index contributed by atoms with van der Waals surface area (Å²) in [5.74, 6) is 1.35. The monoisotopic (exact) mass is 695 g/mol. The van der Waals surface area contributed by atoms with Crippen LogP contribution in [0.1, 0.15) is 56.0 Å². The number of likely N-dealkylation sites (tertiary alicyclic amines) is 1. The molecule has 1 fully saturated rings. The number of fused-ring (bicyclic) bond motifs is 2. The van der Waals surface area contributed by atoms with E-state index in [0.717, 1.165) is 66.1 Å². The molecular formula is C37H45N9O5. The number of nitrogens with one attached hydrogen (secondary N) is 1. The van der Waals surface area contributed by atoms with Crippen LogP contribution >= 0.6 is 0 Å². The molecule has 2 amide bonds. The maximum atomic E-state index is 13.1. The van der Waals surface area contributed by atoms with Gasteiger partial charge in [-0.05, 0) is 64.0 Å². The fourth-order valence-corrected chi connectivity index (χ4v) is 6.75. The van der Waals surface area contributed by atoms with E-state index in [0.29, 0.717) is 56.2 Å². The van der Waals surface area contributed by atoms with E-state index in [1.54, 1.807) is 16.0 Å². The normalized spacial score (nSPS) is 16.2. The Kier molecular flexibility index (Phi) is 9.65. The Morgan fingerprint density at radius 3 is 2.59 bits per heavy atom. The minimum Gasteiger partial charge on any atom is -0.474 e. The second kappa shape index (κ2) is 14.4. The van der Waals surface area contributed by atoms with Gasteiger partial charge in [0.1, 0.15) is 24.5 Å². The van der Waals surface area contributed by atoms with Gasteiger partial charge in [0.15, 0.2) is 0 Å². The lowest BCUT2D eigenvalue weighted by Gasteiger charge is -2.35. The summed E-state index contributed by atoms with van der Waals surface area (Å²) in [5.41, 5.74) is 5.67. The van der Waals surface area contributed by atoms with Crippen molar-refractivity contribution in [3.05, 3.63) is 77.5 Å². The predicted octanol–water partition coefficient (Wildman–Crippen LogP) is 5.87. The number of hydrogen-bond donors (Lipinski definition) is 1. The first kappa shape index (κ1) is 34.1. The van der Waals surface area contributed by atoms with Crippen LogP contribution in [0.5, 0.6) is 5.88 Å². The first-order valence-electron chi connectivity index (χ1n) is 17.6. The summed E-state index contributed by atoms with van der Waals surface area (Å²) in [6.07, 6.45) is 9.34. The smallest absolute Gasteiger partial charge is 0.415 e. The summed E-state index contributed by atoms with van der Waals surface area (Å²) in [6.45, 7) is 12.0. The van der Waals surface area contributed by atoms with E-state index in [2.05, 4.69) is 25.3 Å². The molecule has 7 rings (SSSR count). The first-order chi connectivity index (χ1) is 24.6. The number of piperidine rings is 1. The highest BCUT2D eigenvalue weighted by atomic mass is 16.6. The Hall–Kier alpha value is -5.40. The third kappa shape index (κ3) is 8.00. The average molecular weight is 696 g/mol. The SMILES string of the molecule is Cc1c(N2CCc3cnc(Nc4cnn(CC5CCN(C(=O)OCc6ccccc6)CC5)c4)nc3C2)cnc2c1N(C(=O)OC(C)(C)C)CCO2. The van der Waals surface area contributed by atoms with Crippen molar-refractivity contribution in [3.8, 4) is 5.88 Å². The Labute approximate surface area is 297 Å². The molecule has 1 saturated heterocycles. The summed E-state index contributed by atoms with van der Waals surface area (Å²) in [4.78, 5) is 45.4. The van der Waals surface area contributed by atoms with Gasteiger partial charge in [0.05, 0.1) is 42.6 Å². The van der Waals surface area contributed by atoms with E-state index in [4.69, 9.17) is 19.2 Å². The Bertz CT molecular complexity index is 1870. The highest BCUT2D eigenvalue weighted by molar-refractivity contribution is 5.92. The standard InChI is InChI=1S/C37H45N9O5/c1-25-31(20-38-33-32(25)46(16-17-49-33)36(48)51-37(2,3)4)44-15-12-28-18-39-34(42-30(28)23-44)41-29-19-40-45(22-29)21-26-10-13-43(14-11-26)35(47)50-24-27-8-6-5-7-9-27/h5-9,18-20,22,26H,10-17,21,23-24H2,1-4H3,(H,39,41,42). The van der Waals surface area contributed by atoms with Gasteiger partial charge in [-0.25, -0.2) is 24.5 Å². The molecule has 1 N–H and O–H groups in total. The van der Waals surface area contributed by atoms with E-state index in [-0.39, 0.29) is 12.7 Å². The van der Waals surface area contributed by atoms with Crippen LogP contribution in [-0.4, -0.2) is 80.2 Å². The fraction of sp³-hybridized carbons (Fsp3) is 0.459. The van der Waals surface area contributed by atoms with Gasteiger partial charge in [-0.2, -0.15) is 5.10 Å². The largest absolute Gasteiger partial charge is 0.474 e. The zero-order valence-electron chi connectivity index (χ0n) is 29.7. The van der Waals surface area contributed by atoms with Gasteiger partial charge in [0.25, 0.3) is 0 Å². The molecule has 0 radical (unpaired) electrons. The highest BCUT2D eigenvalue weighted by Gasteiger charge is 2.33. The number of carbonyl (C=O) groups is 2. The van der Waals surface area contributed by atoms with E-state index < -0.39 is 11.7 Å². The van der Waals surface area contributed by atoms with Gasteiger partial charge in [-0.3, -0.25) is 9.58 Å². The van der Waals surface area contributed by atoms with Crippen LogP contribution in [0.15, 0.2) is 55.1 Å². The molecule has 14 nitrogen and oxygen atoms in total. The number of ether oxygens (including phenoxy) is 3. The number of amides is 2. The summed E-state index contributed by atoms with van der Waals surface area (Å²) in [7, 11) is 0. The molecule has 4 aromatic rings. The van der Waals surface area contributed by atoms with E-state index in [9.17, 15) is 9.59 Å². The van der Waals surface area contributed by atoms with Crippen LogP contribution in [-0.2, 0) is 35.6 Å². The zero-order valence-corrected chi connectivity index (χ0v) is 29.7. The molecule has 0 saturated carbocycles. The number of carbonyl (C=O) groups excluding carboxylic acids is 2. The Balaban J connectivity index is 0.949. The van der Waals surface area contributed by atoms with Crippen LogP contribution < -0.4 is 19.9 Å². The van der Waals surface area contributed by atoms with Gasteiger partial charge < -0.3 is 29.3 Å². The lowest BCUT2D eigenvalue weighted by molar-refractivity contribution is 0.0566. The van der Waals surface area contributed by atoms with Crippen LogP contribution in [0, 0.1) is 12.8 Å². The number of pyridine rings is 1. The van der Waals surface area contributed by atoms with Crippen molar-refractivity contribution in [2.45, 2.75) is 72.3 Å². The number of nitrogens with zero attached hydrogens (tertiary/aromatic N) is 8. The molecule has 1 aromatic carbocycles. The molecule has 0 spiro atoms. The van der Waals surface area contributed by atoms with Crippen LogP contribution in [0.4, 0.5) is 32.6 Å². The van der Waals surface area contributed by atoms with Crippen LogP contribution in [0.2, 0.25) is 0 Å². The van der Waals surface area contributed by atoms with Crippen molar-refractivity contribution in [1.82, 2.24) is 29.6 Å². The Morgan fingerprint density at radius 1 is 1.00 bits per heavy atom. The van der Waals surface area contributed by atoms with Crippen molar-refractivity contribution in [2.24, 2.45) is 5.92 Å². The third-order valence-corrected chi connectivity index (χ3v) is 9.38. The predicted molar refractivity (Wildman–Crippen MR) is 191 cm³/mol. The summed E-state index contributed by atoms with van der Waals surface area (Å²) in [5, 5.41) is 7.90. The molecule has 3 aliphatic heterocycles. The topological polar surface area (TPSA) is 140 Å². The molecule has 51 heavy (non-hydrogen) atoms. The number of benzene rings is 1. The number of rotatable bonds is 7. The van der Waals surface area contributed by atoms with E-state index in [1.165, 1.54) is 0 Å². The van der Waals surface area contributed by atoms with Gasteiger partial charge in [-0.15, -0.1) is 0 Å². The van der Waals surface area contributed by atoms with Crippen molar-refractivity contribution in [3.63, 3.8) is 0 Å². The van der Waals surface area contributed by atoms with Gasteiger partial charge in [-0.1, -0.05) is 30.3 Å². The molecule has 0 atom stereocenters. The second-order valence-corrected chi connectivity index (χ2v) is 14.3. The van der Waals surface area contributed by atoms with Crippen molar-refractivity contribution in [2.75, 3.05) is 47.9 Å². The number of aromatic nitrogens is 5. The average Bonchev–Trinajstić information content (AvgIpc) is 3.56.